The van der Waals surface area contributed by atoms with E-state index in [9.17, 15) is 58.2 Å². The molecule has 1 aromatic heterocycles. The molecule has 7 atom stereocenters. The van der Waals surface area contributed by atoms with Gasteiger partial charge in [-0.05, 0) is 57.0 Å². The number of likely N-dealkylation sites (tertiary alicyclic amines) is 1. The average molecular weight is 957 g/mol. The number of rotatable bonds is 30. The number of aromatic nitrogens is 2. The summed E-state index contributed by atoms with van der Waals surface area (Å²) in [5.41, 5.74) is 22.1. The smallest absolute Gasteiger partial charge is 0.327 e. The van der Waals surface area contributed by atoms with Crippen LogP contribution in [0.5, 0.6) is 0 Å². The van der Waals surface area contributed by atoms with Crippen LogP contribution in [0.1, 0.15) is 63.5 Å². The summed E-state index contributed by atoms with van der Waals surface area (Å²) in [4.78, 5) is 142. The second-order valence-electron chi connectivity index (χ2n) is 14.8. The minimum atomic E-state index is -1.48. The molecule has 17 N–H and O–H groups in total. The molecule has 1 aliphatic rings. The highest BCUT2D eigenvalue weighted by Crippen LogP contribution is 2.20. The number of H-pyrrole nitrogens is 1. The minimum Gasteiger partial charge on any atom is -0.481 e. The van der Waals surface area contributed by atoms with E-state index in [2.05, 4.69) is 59.5 Å². The van der Waals surface area contributed by atoms with E-state index in [1.54, 1.807) is 6.26 Å². The van der Waals surface area contributed by atoms with Crippen molar-refractivity contribution >= 4 is 89.5 Å². The number of primary amides is 1. The van der Waals surface area contributed by atoms with Crippen molar-refractivity contribution in [2.75, 3.05) is 37.4 Å². The van der Waals surface area contributed by atoms with Crippen LogP contribution < -0.4 is 54.8 Å². The number of nitrogens with zero attached hydrogens (tertiary/aromatic N) is 3. The number of hydrogen-bond acceptors (Lipinski definition) is 15. The molecule has 362 valence electrons. The van der Waals surface area contributed by atoms with E-state index in [0.717, 1.165) is 4.90 Å². The van der Waals surface area contributed by atoms with Gasteiger partial charge in [0.05, 0.1) is 12.9 Å². The van der Waals surface area contributed by atoms with Crippen LogP contribution in [0.3, 0.4) is 0 Å². The molecule has 0 bridgehead atoms. The van der Waals surface area contributed by atoms with Crippen molar-refractivity contribution in [2.45, 2.75) is 107 Å². The topological polar surface area (TPSA) is 432 Å². The summed E-state index contributed by atoms with van der Waals surface area (Å²) < 4.78 is 0. The number of carboxylic acids is 2. The Labute approximate surface area is 383 Å². The summed E-state index contributed by atoms with van der Waals surface area (Å²) in [7, 11) is 0. The number of amides is 8. The lowest BCUT2D eigenvalue weighted by molar-refractivity contribution is -0.144. The Hall–Kier alpha value is -6.16. The number of thioether (sulfide) groups is 1. The van der Waals surface area contributed by atoms with Crippen LogP contribution in [0.15, 0.2) is 17.5 Å². The van der Waals surface area contributed by atoms with E-state index in [1.807, 2.05) is 0 Å². The van der Waals surface area contributed by atoms with Crippen LogP contribution in [0.25, 0.3) is 0 Å². The summed E-state index contributed by atoms with van der Waals surface area (Å²) in [5.74, 6) is -9.40. The summed E-state index contributed by atoms with van der Waals surface area (Å²) in [5, 5.41) is 33.6. The van der Waals surface area contributed by atoms with E-state index in [0.29, 0.717) is 17.9 Å². The largest absolute Gasteiger partial charge is 0.481 e. The van der Waals surface area contributed by atoms with Gasteiger partial charge in [-0.3, -0.25) is 48.1 Å². The van der Waals surface area contributed by atoms with Crippen LogP contribution in [-0.4, -0.2) is 170 Å². The molecule has 1 aliphatic heterocycles. The van der Waals surface area contributed by atoms with Gasteiger partial charge in [-0.25, -0.2) is 9.78 Å². The zero-order valence-corrected chi connectivity index (χ0v) is 37.5. The molecule has 65 heavy (non-hydrogen) atoms. The Balaban J connectivity index is 2.46. The number of aliphatic imine (C=N–C) groups is 1. The number of nitrogens with one attached hydrogen (secondary N) is 7. The third-order valence-electron chi connectivity index (χ3n) is 9.85. The second-order valence-corrected chi connectivity index (χ2v) is 16.1. The van der Waals surface area contributed by atoms with Gasteiger partial charge in [0.2, 0.25) is 47.3 Å². The van der Waals surface area contributed by atoms with Crippen molar-refractivity contribution in [3.8, 4) is 0 Å². The minimum absolute atomic E-state index is 0.0174. The monoisotopic (exact) mass is 956 g/mol. The summed E-state index contributed by atoms with van der Waals surface area (Å²) in [6, 6.07) is -9.51. The van der Waals surface area contributed by atoms with E-state index in [4.69, 9.17) is 22.9 Å². The Morgan fingerprint density at radius 2 is 1.42 bits per heavy atom. The number of guanidine groups is 1. The molecule has 2 heterocycles. The Morgan fingerprint density at radius 3 is 1.95 bits per heavy atom. The zero-order chi connectivity index (χ0) is 48.6. The van der Waals surface area contributed by atoms with E-state index < -0.39 is 114 Å². The average Bonchev–Trinajstić information content (AvgIpc) is 3.97. The van der Waals surface area contributed by atoms with Gasteiger partial charge in [-0.2, -0.15) is 24.4 Å². The van der Waals surface area contributed by atoms with Gasteiger partial charge >= 0.3 is 11.9 Å². The SMILES string of the molecule is CSCC[C@H](NC(=O)[C@H](CCC(=O)O)NC(=O)CN)C(=O)N[C@@H](CCCN=C(N)N)C(=O)N[C@@H](Cc1cnc[nH]1)C(=O)N[C@@H](CCC(N)=O)C(=O)N1CCC[C@H]1C(=O)N[C@@H](CS)C(=O)O. The maximum absolute atomic E-state index is 14.2. The molecule has 1 aromatic rings. The van der Waals surface area contributed by atoms with Crippen LogP contribution >= 0.6 is 24.4 Å². The van der Waals surface area contributed by atoms with Crippen molar-refractivity contribution in [3.63, 3.8) is 0 Å². The predicted octanol–water partition coefficient (Wildman–Crippen LogP) is -5.24. The van der Waals surface area contributed by atoms with Gasteiger partial charge in [0.25, 0.3) is 0 Å². The van der Waals surface area contributed by atoms with Crippen molar-refractivity contribution < 1.29 is 58.2 Å². The zero-order valence-electron chi connectivity index (χ0n) is 35.8. The third kappa shape index (κ3) is 19.6. The predicted molar refractivity (Wildman–Crippen MR) is 237 cm³/mol. The first-order valence-electron chi connectivity index (χ1n) is 20.5. The van der Waals surface area contributed by atoms with Crippen molar-refractivity contribution in [1.29, 1.82) is 0 Å². The Morgan fingerprint density at radius 1 is 0.831 bits per heavy atom. The summed E-state index contributed by atoms with van der Waals surface area (Å²) >= 11 is 5.29. The van der Waals surface area contributed by atoms with Crippen molar-refractivity contribution in [3.05, 3.63) is 18.2 Å². The molecular formula is C37H60N14O12S2. The highest BCUT2D eigenvalue weighted by atomic mass is 32.2. The number of aromatic amines is 1. The summed E-state index contributed by atoms with van der Waals surface area (Å²) in [6.07, 6.45) is 3.22. The number of carbonyl (C=O) groups excluding carboxylic acids is 8. The van der Waals surface area contributed by atoms with Gasteiger partial charge in [0.1, 0.15) is 42.3 Å². The molecular weight excluding hydrogens is 897 g/mol. The number of thiol groups is 1. The highest BCUT2D eigenvalue weighted by molar-refractivity contribution is 7.98. The quantitative estimate of drug-likeness (QED) is 0.0148. The molecule has 0 radical (unpaired) electrons. The standard InChI is InChI=1S/C37H60N14O12S2/c1-65-13-10-22(47-31(57)21(7-9-29(54)55)45-28(53)15-38)32(58)46-20(4-2-11-43-37(40)41)30(56)49-24(14-19-16-42-18-44-19)33(59)48-23(6-8-27(39)52)35(61)51-12-3-5-26(51)34(60)50-25(17-64)36(62)63/h16,18,20-26,64H,2-15,17,38H2,1H3,(H2,39,52)(H,42,44)(H,45,53)(H,46,58)(H,47,57)(H,48,59)(H,49,56)(H,50,60)(H,54,55)(H,62,63)(H4,40,41,43)/t20-,21-,22-,23-,24-,25-,26-/m0/s1. The number of hydrogen-bond donors (Lipinski definition) is 14. The molecule has 8 amide bonds. The molecule has 0 unspecified atom stereocenters. The lowest BCUT2D eigenvalue weighted by atomic mass is 10.0. The molecule has 26 nitrogen and oxygen atoms in total. The molecule has 0 spiro atoms. The Kier molecular flexibility index (Phi) is 24.2. The fourth-order valence-electron chi connectivity index (χ4n) is 6.48. The maximum atomic E-state index is 14.2. The van der Waals surface area contributed by atoms with Crippen molar-refractivity contribution in [2.24, 2.45) is 27.9 Å². The van der Waals surface area contributed by atoms with E-state index in [-0.39, 0.29) is 76.2 Å². The number of carboxylic acid groups (broad SMARTS) is 2. The Bertz CT molecular complexity index is 1850. The fourth-order valence-corrected chi connectivity index (χ4v) is 7.20. The van der Waals surface area contributed by atoms with Gasteiger partial charge in [0.15, 0.2) is 5.96 Å². The first kappa shape index (κ1) is 55.0. The van der Waals surface area contributed by atoms with E-state index >= 15 is 0 Å². The van der Waals surface area contributed by atoms with Crippen molar-refractivity contribution in [1.82, 2.24) is 46.8 Å². The van der Waals surface area contributed by atoms with Crippen LogP contribution in [0.2, 0.25) is 0 Å². The molecule has 28 heteroatoms. The van der Waals surface area contributed by atoms with Gasteiger partial charge in [-0.1, -0.05) is 0 Å². The summed E-state index contributed by atoms with van der Waals surface area (Å²) in [6.45, 7) is -0.431. The second kappa shape index (κ2) is 28.6. The number of carbonyl (C=O) groups is 10. The molecule has 2 rings (SSSR count). The van der Waals surface area contributed by atoms with Gasteiger partial charge in [-0.15, -0.1) is 0 Å². The maximum Gasteiger partial charge on any atom is 0.327 e. The van der Waals surface area contributed by atoms with Gasteiger partial charge < -0.3 is 74.9 Å². The number of nitrogens with two attached hydrogens (primary N) is 4. The molecule has 0 aromatic carbocycles. The number of aliphatic carboxylic acids is 2. The fraction of sp³-hybridized carbons (Fsp3) is 0.622. The normalized spacial score (nSPS) is 16.0. The van der Waals surface area contributed by atoms with Crippen LogP contribution in [-0.2, 0) is 54.4 Å². The third-order valence-corrected chi connectivity index (χ3v) is 10.9. The highest BCUT2D eigenvalue weighted by Gasteiger charge is 2.40. The molecule has 1 saturated heterocycles. The van der Waals surface area contributed by atoms with Crippen LogP contribution in [0, 0.1) is 0 Å². The van der Waals surface area contributed by atoms with Gasteiger partial charge in [0, 0.05) is 50.0 Å². The number of imidazole rings is 1. The first-order chi connectivity index (χ1) is 30.8. The van der Waals surface area contributed by atoms with Crippen LogP contribution in [0.4, 0.5) is 0 Å². The molecule has 1 fully saturated rings. The lowest BCUT2D eigenvalue weighted by Gasteiger charge is -2.30. The molecule has 0 saturated carbocycles. The first-order valence-corrected chi connectivity index (χ1v) is 22.5. The lowest BCUT2D eigenvalue weighted by Crippen LogP contribution is -2.60. The van der Waals surface area contributed by atoms with E-state index in [1.165, 1.54) is 24.3 Å². The molecule has 0 aliphatic carbocycles.